The number of likely N-dealkylation sites (tertiary alicyclic amines) is 1. The number of ether oxygens (including phenoxy) is 1. The number of urea groups is 1. The van der Waals surface area contributed by atoms with E-state index in [0.29, 0.717) is 5.41 Å². The Kier molecular flexibility index (Phi) is 5.03. The predicted octanol–water partition coefficient (Wildman–Crippen LogP) is 3.28. The molecule has 2 aliphatic rings. The van der Waals surface area contributed by atoms with Crippen molar-refractivity contribution in [2.75, 3.05) is 26.3 Å². The zero-order valence-corrected chi connectivity index (χ0v) is 14.2. The molecule has 122 valence electrons. The molecule has 0 saturated carbocycles. The minimum Gasteiger partial charge on any atom is -0.381 e. The molecule has 4 nitrogen and oxygen atoms in total. The largest absolute Gasteiger partial charge is 0.381 e. The van der Waals surface area contributed by atoms with Crippen molar-refractivity contribution in [1.29, 1.82) is 0 Å². The molecular weight excluding hydrogens is 296 g/mol. The highest BCUT2D eigenvalue weighted by molar-refractivity contribution is 7.07. The highest BCUT2D eigenvalue weighted by Crippen LogP contribution is 2.39. The molecule has 3 heterocycles. The maximum atomic E-state index is 12.5. The van der Waals surface area contributed by atoms with Crippen LogP contribution in [0.25, 0.3) is 0 Å². The van der Waals surface area contributed by atoms with Crippen molar-refractivity contribution in [2.45, 2.75) is 45.1 Å². The van der Waals surface area contributed by atoms with Gasteiger partial charge in [-0.05, 0) is 66.8 Å². The number of amides is 2. The van der Waals surface area contributed by atoms with Crippen LogP contribution in [0, 0.1) is 5.41 Å². The van der Waals surface area contributed by atoms with Gasteiger partial charge in [-0.25, -0.2) is 4.79 Å². The number of piperidine rings is 1. The minimum atomic E-state index is 0.105. The van der Waals surface area contributed by atoms with Crippen molar-refractivity contribution in [3.8, 4) is 0 Å². The Morgan fingerprint density at radius 2 is 2.27 bits per heavy atom. The lowest BCUT2D eigenvalue weighted by Gasteiger charge is -2.45. The van der Waals surface area contributed by atoms with Crippen molar-refractivity contribution in [3.63, 3.8) is 0 Å². The van der Waals surface area contributed by atoms with Crippen LogP contribution < -0.4 is 5.32 Å². The Labute approximate surface area is 136 Å². The third kappa shape index (κ3) is 3.82. The van der Waals surface area contributed by atoms with Crippen LogP contribution in [0.1, 0.15) is 38.2 Å². The molecule has 2 amide bonds. The highest BCUT2D eigenvalue weighted by Gasteiger charge is 2.38. The van der Waals surface area contributed by atoms with Crippen molar-refractivity contribution >= 4 is 17.4 Å². The van der Waals surface area contributed by atoms with E-state index < -0.39 is 0 Å². The average Bonchev–Trinajstić information content (AvgIpc) is 3.01. The van der Waals surface area contributed by atoms with Crippen molar-refractivity contribution in [2.24, 2.45) is 5.41 Å². The lowest BCUT2D eigenvalue weighted by Crippen LogP contribution is -2.53. The van der Waals surface area contributed by atoms with Crippen molar-refractivity contribution in [1.82, 2.24) is 10.2 Å². The molecule has 2 aliphatic heterocycles. The molecule has 1 aromatic heterocycles. The molecule has 3 rings (SSSR count). The minimum absolute atomic E-state index is 0.105. The van der Waals surface area contributed by atoms with E-state index in [1.54, 1.807) is 11.3 Å². The maximum Gasteiger partial charge on any atom is 0.317 e. The van der Waals surface area contributed by atoms with Gasteiger partial charge in [0.1, 0.15) is 0 Å². The van der Waals surface area contributed by atoms with E-state index >= 15 is 0 Å². The molecule has 5 heteroatoms. The molecular formula is C17H26N2O2S. The summed E-state index contributed by atoms with van der Waals surface area (Å²) in [5, 5.41) is 7.41. The van der Waals surface area contributed by atoms with Gasteiger partial charge < -0.3 is 15.0 Å². The van der Waals surface area contributed by atoms with Gasteiger partial charge >= 0.3 is 6.03 Å². The van der Waals surface area contributed by atoms with Crippen LogP contribution in [0.2, 0.25) is 0 Å². The quantitative estimate of drug-likeness (QED) is 0.928. The number of carbonyl (C=O) groups excluding carboxylic acids is 1. The summed E-state index contributed by atoms with van der Waals surface area (Å²) in [4.78, 5) is 14.6. The zero-order valence-electron chi connectivity index (χ0n) is 13.3. The van der Waals surface area contributed by atoms with Gasteiger partial charge in [-0.15, -0.1) is 0 Å². The fraction of sp³-hybridized carbons (Fsp3) is 0.706. The van der Waals surface area contributed by atoms with Crippen LogP contribution in [0.15, 0.2) is 16.8 Å². The second-order valence-electron chi connectivity index (χ2n) is 6.82. The normalized spacial score (nSPS) is 22.5. The molecule has 1 spiro atoms. The maximum absolute atomic E-state index is 12.5. The Morgan fingerprint density at radius 1 is 1.45 bits per heavy atom. The lowest BCUT2D eigenvalue weighted by molar-refractivity contribution is -0.0187. The first-order valence-electron chi connectivity index (χ1n) is 8.31. The summed E-state index contributed by atoms with van der Waals surface area (Å²) in [6.07, 6.45) is 5.46. The highest BCUT2D eigenvalue weighted by atomic mass is 32.1. The SMILES string of the molecule is CC(Cc1ccsc1)NC(=O)N1CCCC2(CCOCC2)C1. The van der Waals surface area contributed by atoms with E-state index in [4.69, 9.17) is 4.74 Å². The van der Waals surface area contributed by atoms with Gasteiger partial charge in [0, 0.05) is 32.3 Å². The monoisotopic (exact) mass is 322 g/mol. The van der Waals surface area contributed by atoms with Crippen LogP contribution in [-0.2, 0) is 11.2 Å². The second-order valence-corrected chi connectivity index (χ2v) is 7.60. The van der Waals surface area contributed by atoms with Gasteiger partial charge in [-0.3, -0.25) is 0 Å². The van der Waals surface area contributed by atoms with Crippen LogP contribution >= 0.6 is 11.3 Å². The molecule has 0 radical (unpaired) electrons. The van der Waals surface area contributed by atoms with Gasteiger partial charge in [-0.2, -0.15) is 11.3 Å². The summed E-state index contributed by atoms with van der Waals surface area (Å²) in [5.74, 6) is 0. The van der Waals surface area contributed by atoms with Crippen LogP contribution in [0.3, 0.4) is 0 Å². The predicted molar refractivity (Wildman–Crippen MR) is 89.3 cm³/mol. The molecule has 1 atom stereocenters. The number of nitrogens with one attached hydrogen (secondary N) is 1. The molecule has 0 bridgehead atoms. The van der Waals surface area contributed by atoms with Gasteiger partial charge in [-0.1, -0.05) is 0 Å². The third-order valence-corrected chi connectivity index (χ3v) is 5.73. The molecule has 0 aliphatic carbocycles. The Balaban J connectivity index is 1.52. The Morgan fingerprint density at radius 3 is 3.00 bits per heavy atom. The molecule has 2 fully saturated rings. The molecule has 2 saturated heterocycles. The van der Waals surface area contributed by atoms with E-state index in [9.17, 15) is 4.79 Å². The van der Waals surface area contributed by atoms with Crippen molar-refractivity contribution in [3.05, 3.63) is 22.4 Å². The topological polar surface area (TPSA) is 41.6 Å². The first-order valence-corrected chi connectivity index (χ1v) is 9.25. The van der Waals surface area contributed by atoms with E-state index in [1.165, 1.54) is 12.0 Å². The van der Waals surface area contributed by atoms with Gasteiger partial charge in [0.25, 0.3) is 0 Å². The number of rotatable bonds is 3. The summed E-state index contributed by atoms with van der Waals surface area (Å²) >= 11 is 1.71. The zero-order chi connectivity index (χ0) is 15.4. The van der Waals surface area contributed by atoms with Gasteiger partial charge in [0.15, 0.2) is 0 Å². The van der Waals surface area contributed by atoms with Crippen LogP contribution in [0.5, 0.6) is 0 Å². The van der Waals surface area contributed by atoms with Crippen LogP contribution in [-0.4, -0.2) is 43.3 Å². The summed E-state index contributed by atoms with van der Waals surface area (Å²) < 4.78 is 5.50. The number of hydrogen-bond acceptors (Lipinski definition) is 3. The molecule has 1 N–H and O–H groups in total. The summed E-state index contributed by atoms with van der Waals surface area (Å²) in [5.41, 5.74) is 1.61. The van der Waals surface area contributed by atoms with E-state index in [2.05, 4.69) is 29.1 Å². The fourth-order valence-electron chi connectivity index (χ4n) is 3.71. The fourth-order valence-corrected chi connectivity index (χ4v) is 4.39. The van der Waals surface area contributed by atoms with Crippen LogP contribution in [0.4, 0.5) is 4.79 Å². The lowest BCUT2D eigenvalue weighted by atomic mass is 9.74. The summed E-state index contributed by atoms with van der Waals surface area (Å²) in [6.45, 7) is 5.57. The Hall–Kier alpha value is -1.07. The average molecular weight is 322 g/mol. The smallest absolute Gasteiger partial charge is 0.317 e. The first kappa shape index (κ1) is 15.8. The van der Waals surface area contributed by atoms with Gasteiger partial charge in [0.05, 0.1) is 0 Å². The Bertz CT molecular complexity index is 477. The molecule has 1 aromatic rings. The third-order valence-electron chi connectivity index (χ3n) is 4.99. The molecule has 0 aromatic carbocycles. The first-order chi connectivity index (χ1) is 10.7. The van der Waals surface area contributed by atoms with E-state index in [0.717, 1.165) is 52.0 Å². The summed E-state index contributed by atoms with van der Waals surface area (Å²) in [6, 6.07) is 2.41. The summed E-state index contributed by atoms with van der Waals surface area (Å²) in [7, 11) is 0. The van der Waals surface area contributed by atoms with Crippen molar-refractivity contribution < 1.29 is 9.53 Å². The molecule has 1 unspecified atom stereocenters. The number of hydrogen-bond donors (Lipinski definition) is 1. The van der Waals surface area contributed by atoms with E-state index in [1.807, 2.05) is 4.90 Å². The second kappa shape index (κ2) is 7.01. The van der Waals surface area contributed by atoms with Gasteiger partial charge in [0.2, 0.25) is 0 Å². The number of nitrogens with zero attached hydrogens (tertiary/aromatic N) is 1. The van der Waals surface area contributed by atoms with E-state index in [-0.39, 0.29) is 12.1 Å². The number of carbonyl (C=O) groups is 1. The molecule has 22 heavy (non-hydrogen) atoms. The standard InChI is InChI=1S/C17H26N2O2S/c1-14(11-15-3-10-22-12-15)18-16(20)19-7-2-4-17(13-19)5-8-21-9-6-17/h3,10,12,14H,2,4-9,11,13H2,1H3,(H,18,20). The number of thiophene rings is 1.